The van der Waals surface area contributed by atoms with Crippen molar-refractivity contribution in [1.29, 1.82) is 0 Å². The van der Waals surface area contributed by atoms with E-state index in [-0.39, 0.29) is 19.1 Å². The summed E-state index contributed by atoms with van der Waals surface area (Å²) < 4.78 is 23.4. The second-order valence-electron chi connectivity index (χ2n) is 2.58. The van der Waals surface area contributed by atoms with Crippen LogP contribution in [0.1, 0.15) is 5.56 Å². The van der Waals surface area contributed by atoms with Gasteiger partial charge >= 0.3 is 0 Å². The molecule has 1 rings (SSSR count). The van der Waals surface area contributed by atoms with E-state index < -0.39 is 5.82 Å². The van der Waals surface area contributed by atoms with E-state index in [0.29, 0.717) is 10.0 Å². The molecule has 0 spiro atoms. The fourth-order valence-corrected chi connectivity index (χ4v) is 1.37. The minimum Gasteiger partial charge on any atom is -0.464 e. The highest BCUT2D eigenvalue weighted by Gasteiger charge is 2.08. The zero-order valence-electron chi connectivity index (χ0n) is 7.59. The average Bonchev–Trinajstić information content (AvgIpc) is 2.18. The highest BCUT2D eigenvalue weighted by molar-refractivity contribution is 9.10. The van der Waals surface area contributed by atoms with Crippen molar-refractivity contribution in [3.63, 3.8) is 0 Å². The van der Waals surface area contributed by atoms with E-state index in [1.165, 1.54) is 19.2 Å². The van der Waals surface area contributed by atoms with Gasteiger partial charge in [-0.05, 0) is 17.7 Å². The molecule has 0 atom stereocenters. The highest BCUT2D eigenvalue weighted by Crippen LogP contribution is 2.26. The summed E-state index contributed by atoms with van der Waals surface area (Å²) in [5.74, 6) is -0.426. The first kappa shape index (κ1) is 11.4. The molecule has 3 nitrogen and oxygen atoms in total. The third kappa shape index (κ3) is 2.67. The molecule has 0 heterocycles. The number of rotatable bonds is 4. The number of aliphatic hydroxyl groups excluding tert-OH is 1. The highest BCUT2D eigenvalue weighted by atomic mass is 79.9. The fraction of sp³-hybridized carbons (Fsp3) is 0.333. The maximum Gasteiger partial charge on any atom is 0.188 e. The van der Waals surface area contributed by atoms with Gasteiger partial charge in [-0.25, -0.2) is 4.39 Å². The quantitative estimate of drug-likeness (QED) is 0.847. The zero-order chi connectivity index (χ0) is 10.6. The van der Waals surface area contributed by atoms with Crippen LogP contribution >= 0.6 is 15.9 Å². The summed E-state index contributed by atoms with van der Waals surface area (Å²) in [6, 6.07) is 2.68. The molecule has 0 radical (unpaired) electrons. The molecule has 0 fully saturated rings. The summed E-state index contributed by atoms with van der Waals surface area (Å²) in [5.41, 5.74) is 0.479. The molecule has 5 heteroatoms. The van der Waals surface area contributed by atoms with Crippen LogP contribution in [0.2, 0.25) is 0 Å². The Morgan fingerprint density at radius 3 is 2.79 bits per heavy atom. The van der Waals surface area contributed by atoms with Gasteiger partial charge in [-0.3, -0.25) is 0 Å². The van der Waals surface area contributed by atoms with E-state index in [1.807, 2.05) is 0 Å². The standard InChI is InChI=1S/C9H10BrFO3/c1-13-5-14-9-3-7(10)6(4-12)2-8(9)11/h2-3,12H,4-5H2,1H3. The van der Waals surface area contributed by atoms with Gasteiger partial charge in [-0.2, -0.15) is 0 Å². The predicted octanol–water partition coefficient (Wildman–Crippen LogP) is 2.06. The topological polar surface area (TPSA) is 38.7 Å². The molecule has 0 unspecified atom stereocenters. The molecule has 0 amide bonds. The molecule has 0 aliphatic rings. The maximum absolute atomic E-state index is 13.2. The summed E-state index contributed by atoms with van der Waals surface area (Å²) in [6.07, 6.45) is 0. The van der Waals surface area contributed by atoms with Crippen LogP contribution in [0, 0.1) is 5.82 Å². The second kappa shape index (κ2) is 5.29. The Labute approximate surface area is 89.6 Å². The first-order valence-corrected chi connectivity index (χ1v) is 4.69. The van der Waals surface area contributed by atoms with E-state index >= 15 is 0 Å². The molecule has 14 heavy (non-hydrogen) atoms. The van der Waals surface area contributed by atoms with Crippen LogP contribution in [-0.4, -0.2) is 19.0 Å². The van der Waals surface area contributed by atoms with Gasteiger partial charge in [0.05, 0.1) is 6.61 Å². The normalized spacial score (nSPS) is 10.3. The smallest absolute Gasteiger partial charge is 0.188 e. The van der Waals surface area contributed by atoms with Crippen LogP contribution in [0.4, 0.5) is 4.39 Å². The van der Waals surface area contributed by atoms with Gasteiger partial charge in [0.25, 0.3) is 0 Å². The Kier molecular flexibility index (Phi) is 4.31. The number of benzene rings is 1. The number of halogens is 2. The van der Waals surface area contributed by atoms with Gasteiger partial charge < -0.3 is 14.6 Å². The summed E-state index contributed by atoms with van der Waals surface area (Å²) in [6.45, 7) is -0.232. The molecular weight excluding hydrogens is 255 g/mol. The average molecular weight is 265 g/mol. The molecule has 0 saturated heterocycles. The molecule has 0 aliphatic carbocycles. The van der Waals surface area contributed by atoms with E-state index in [0.717, 1.165) is 0 Å². The zero-order valence-corrected chi connectivity index (χ0v) is 9.17. The molecule has 1 aromatic carbocycles. The minimum absolute atomic E-state index is 0.0121. The SMILES string of the molecule is COCOc1cc(Br)c(CO)cc1F. The Bertz CT molecular complexity index is 317. The summed E-state index contributed by atoms with van der Waals surface area (Å²) in [4.78, 5) is 0. The lowest BCUT2D eigenvalue weighted by molar-refractivity contribution is 0.0482. The Morgan fingerprint density at radius 1 is 1.50 bits per heavy atom. The van der Waals surface area contributed by atoms with Gasteiger partial charge in [0.2, 0.25) is 0 Å². The van der Waals surface area contributed by atoms with Crippen molar-refractivity contribution in [2.45, 2.75) is 6.61 Å². The Balaban J connectivity index is 2.90. The Hall–Kier alpha value is -0.650. The minimum atomic E-state index is -0.519. The van der Waals surface area contributed by atoms with Crippen molar-refractivity contribution in [3.05, 3.63) is 28.0 Å². The van der Waals surface area contributed by atoms with Crippen molar-refractivity contribution in [2.75, 3.05) is 13.9 Å². The van der Waals surface area contributed by atoms with Crippen molar-refractivity contribution in [1.82, 2.24) is 0 Å². The summed E-state index contributed by atoms with van der Waals surface area (Å²) in [5, 5.41) is 8.85. The predicted molar refractivity (Wildman–Crippen MR) is 52.5 cm³/mol. The van der Waals surface area contributed by atoms with Crippen LogP contribution in [-0.2, 0) is 11.3 Å². The van der Waals surface area contributed by atoms with Crippen LogP contribution in [0.3, 0.4) is 0 Å². The van der Waals surface area contributed by atoms with Crippen molar-refractivity contribution in [3.8, 4) is 5.75 Å². The molecule has 0 saturated carbocycles. The second-order valence-corrected chi connectivity index (χ2v) is 3.44. The van der Waals surface area contributed by atoms with Crippen LogP contribution in [0.5, 0.6) is 5.75 Å². The molecule has 1 N–H and O–H groups in total. The van der Waals surface area contributed by atoms with Crippen molar-refractivity contribution in [2.24, 2.45) is 0 Å². The third-order valence-corrected chi connectivity index (χ3v) is 2.34. The van der Waals surface area contributed by atoms with Crippen LogP contribution < -0.4 is 4.74 Å². The van der Waals surface area contributed by atoms with E-state index in [9.17, 15) is 4.39 Å². The van der Waals surface area contributed by atoms with Crippen molar-refractivity contribution >= 4 is 15.9 Å². The van der Waals surface area contributed by atoms with Crippen LogP contribution in [0.25, 0.3) is 0 Å². The van der Waals surface area contributed by atoms with E-state index in [4.69, 9.17) is 9.84 Å². The molecule has 0 aromatic heterocycles. The number of ether oxygens (including phenoxy) is 2. The molecule has 78 valence electrons. The van der Waals surface area contributed by atoms with Crippen molar-refractivity contribution < 1.29 is 19.0 Å². The van der Waals surface area contributed by atoms with Gasteiger partial charge in [-0.15, -0.1) is 0 Å². The van der Waals surface area contributed by atoms with Gasteiger partial charge in [-0.1, -0.05) is 15.9 Å². The van der Waals surface area contributed by atoms with Gasteiger partial charge in [0, 0.05) is 11.6 Å². The maximum atomic E-state index is 13.2. The lowest BCUT2D eigenvalue weighted by Gasteiger charge is -2.08. The summed E-state index contributed by atoms with van der Waals surface area (Å²) >= 11 is 3.19. The summed E-state index contributed by atoms with van der Waals surface area (Å²) in [7, 11) is 1.45. The monoisotopic (exact) mass is 264 g/mol. The number of aliphatic hydroxyl groups is 1. The molecule has 0 aliphatic heterocycles. The number of methoxy groups -OCH3 is 1. The molecule has 0 bridgehead atoms. The van der Waals surface area contributed by atoms with Crippen LogP contribution in [0.15, 0.2) is 16.6 Å². The van der Waals surface area contributed by atoms with Gasteiger partial charge in [0.15, 0.2) is 18.4 Å². The fourth-order valence-electron chi connectivity index (χ4n) is 0.924. The third-order valence-electron chi connectivity index (χ3n) is 1.60. The van der Waals surface area contributed by atoms with Gasteiger partial charge in [0.1, 0.15) is 0 Å². The lowest BCUT2D eigenvalue weighted by atomic mass is 10.2. The molecular formula is C9H10BrFO3. The lowest BCUT2D eigenvalue weighted by Crippen LogP contribution is -2.01. The number of hydrogen-bond donors (Lipinski definition) is 1. The first-order valence-electron chi connectivity index (χ1n) is 3.89. The largest absolute Gasteiger partial charge is 0.464 e. The molecule has 1 aromatic rings. The number of hydrogen-bond acceptors (Lipinski definition) is 3. The first-order chi connectivity index (χ1) is 6.69. The Morgan fingerprint density at radius 2 is 2.21 bits per heavy atom. The van der Waals surface area contributed by atoms with E-state index in [1.54, 1.807) is 0 Å². The van der Waals surface area contributed by atoms with E-state index in [2.05, 4.69) is 20.7 Å².